The molecule has 3 atom stereocenters. The molecule has 1 aromatic rings. The molecule has 0 saturated carbocycles. The van der Waals surface area contributed by atoms with Crippen LogP contribution in [0.5, 0.6) is 5.75 Å². The van der Waals surface area contributed by atoms with E-state index >= 15 is 0 Å². The molecule has 154 valence electrons. The number of hydrogen-bond donors (Lipinski definition) is 1. The molecule has 1 saturated heterocycles. The van der Waals surface area contributed by atoms with Crippen LogP contribution in [0.4, 0.5) is 0 Å². The summed E-state index contributed by atoms with van der Waals surface area (Å²) in [4.78, 5) is 0. The van der Waals surface area contributed by atoms with Gasteiger partial charge in [-0.3, -0.25) is 0 Å². The number of rotatable bonds is 13. The van der Waals surface area contributed by atoms with E-state index in [2.05, 4.69) is 33.8 Å². The fourth-order valence-corrected chi connectivity index (χ4v) is 4.09. The second-order valence-corrected chi connectivity index (χ2v) is 9.61. The van der Waals surface area contributed by atoms with E-state index in [0.29, 0.717) is 23.9 Å². The van der Waals surface area contributed by atoms with Crippen molar-refractivity contribution in [2.24, 2.45) is 11.3 Å². The third-order valence-corrected chi connectivity index (χ3v) is 6.23. The highest BCUT2D eigenvalue weighted by Gasteiger charge is 2.41. The Kier molecular flexibility index (Phi) is 9.15. The first kappa shape index (κ1) is 22.3. The number of aromatic hydroxyl groups is 1. The Labute approximate surface area is 167 Å². The zero-order valence-corrected chi connectivity index (χ0v) is 18.2. The summed E-state index contributed by atoms with van der Waals surface area (Å²) in [5.74, 6) is 0.957. The Morgan fingerprint density at radius 3 is 2.19 bits per heavy atom. The molecule has 2 nitrogen and oxygen atoms in total. The van der Waals surface area contributed by atoms with Crippen molar-refractivity contribution in [3.05, 3.63) is 29.8 Å². The van der Waals surface area contributed by atoms with Gasteiger partial charge in [0.25, 0.3) is 0 Å². The highest BCUT2D eigenvalue weighted by molar-refractivity contribution is 5.32. The van der Waals surface area contributed by atoms with Gasteiger partial charge in [-0.05, 0) is 42.2 Å². The summed E-state index contributed by atoms with van der Waals surface area (Å²) in [6.45, 7) is 9.22. The Bertz CT molecular complexity index is 531. The molecule has 1 N–H and O–H groups in total. The normalized spacial score (nSPS) is 20.6. The second kappa shape index (κ2) is 11.1. The molecule has 2 rings (SSSR count). The molecule has 2 heteroatoms. The van der Waals surface area contributed by atoms with Gasteiger partial charge in [0, 0.05) is 0 Å². The fourth-order valence-electron chi connectivity index (χ4n) is 4.09. The smallest absolute Gasteiger partial charge is 0.118 e. The lowest BCUT2D eigenvalue weighted by atomic mass is 9.74. The fraction of sp³-hybridized carbons (Fsp3) is 0.760. The Morgan fingerprint density at radius 2 is 1.56 bits per heavy atom. The first-order valence-corrected chi connectivity index (χ1v) is 11.3. The summed E-state index contributed by atoms with van der Waals surface area (Å²) in [5, 5.41) is 10.1. The lowest BCUT2D eigenvalue weighted by Gasteiger charge is -2.31. The van der Waals surface area contributed by atoms with E-state index in [1.807, 2.05) is 12.1 Å². The Balaban J connectivity index is 1.66. The van der Waals surface area contributed by atoms with E-state index in [1.54, 1.807) is 6.07 Å². The predicted molar refractivity (Wildman–Crippen MR) is 115 cm³/mol. The number of phenols is 1. The zero-order chi connectivity index (χ0) is 19.7. The molecule has 0 spiro atoms. The monoisotopic (exact) mass is 374 g/mol. The van der Waals surface area contributed by atoms with Crippen LogP contribution in [0, 0.1) is 11.3 Å². The van der Waals surface area contributed by atoms with Crippen LogP contribution >= 0.6 is 0 Å². The highest BCUT2D eigenvalue weighted by Crippen LogP contribution is 2.40. The largest absolute Gasteiger partial charge is 0.508 e. The molecule has 1 aliphatic rings. The minimum Gasteiger partial charge on any atom is -0.508 e. The van der Waals surface area contributed by atoms with Crippen molar-refractivity contribution in [1.29, 1.82) is 0 Å². The summed E-state index contributed by atoms with van der Waals surface area (Å²) in [6, 6.07) is 7.77. The first-order valence-electron chi connectivity index (χ1n) is 11.3. The quantitative estimate of drug-likeness (QED) is 0.290. The predicted octanol–water partition coefficient (Wildman–Crippen LogP) is 7.29. The first-order chi connectivity index (χ1) is 12.9. The number of phenolic OH excluding ortho intramolecular Hbond substituents is 1. The molecule has 3 unspecified atom stereocenters. The summed E-state index contributed by atoms with van der Waals surface area (Å²) in [5.41, 5.74) is 1.29. The van der Waals surface area contributed by atoms with Crippen LogP contribution in [0.25, 0.3) is 0 Å². The lowest BCUT2D eigenvalue weighted by molar-refractivity contribution is 0.202. The van der Waals surface area contributed by atoms with Crippen molar-refractivity contribution < 1.29 is 9.84 Å². The maximum absolute atomic E-state index is 10.1. The molecule has 0 aromatic heterocycles. The summed E-state index contributed by atoms with van der Waals surface area (Å²) < 4.78 is 6.01. The lowest BCUT2D eigenvalue weighted by Crippen LogP contribution is -2.25. The van der Waals surface area contributed by atoms with Gasteiger partial charge < -0.3 is 9.84 Å². The van der Waals surface area contributed by atoms with Gasteiger partial charge >= 0.3 is 0 Å². The van der Waals surface area contributed by atoms with Crippen molar-refractivity contribution in [1.82, 2.24) is 0 Å². The maximum Gasteiger partial charge on any atom is 0.118 e. The third kappa shape index (κ3) is 8.25. The average molecular weight is 375 g/mol. The number of epoxide rings is 1. The van der Waals surface area contributed by atoms with E-state index in [9.17, 15) is 5.11 Å². The number of hydrogen-bond acceptors (Lipinski definition) is 2. The minimum absolute atomic E-state index is 0.220. The van der Waals surface area contributed by atoms with Crippen LogP contribution in [-0.2, 0) is 11.2 Å². The summed E-state index contributed by atoms with van der Waals surface area (Å²) in [7, 11) is 0. The molecular formula is C25H42O2. The Morgan fingerprint density at radius 1 is 0.926 bits per heavy atom. The van der Waals surface area contributed by atoms with Crippen molar-refractivity contribution >= 4 is 0 Å². The van der Waals surface area contributed by atoms with Gasteiger partial charge in [-0.15, -0.1) is 0 Å². The van der Waals surface area contributed by atoms with Crippen LogP contribution < -0.4 is 0 Å². The van der Waals surface area contributed by atoms with Gasteiger partial charge in [0.05, 0.1) is 12.2 Å². The van der Waals surface area contributed by atoms with Gasteiger partial charge in [-0.1, -0.05) is 97.3 Å². The van der Waals surface area contributed by atoms with E-state index in [4.69, 9.17) is 4.74 Å². The molecule has 1 aliphatic heterocycles. The second-order valence-electron chi connectivity index (χ2n) is 9.61. The van der Waals surface area contributed by atoms with Gasteiger partial charge in [0.1, 0.15) is 5.75 Å². The highest BCUT2D eigenvalue weighted by atomic mass is 16.6. The number of benzene rings is 1. The third-order valence-electron chi connectivity index (χ3n) is 6.23. The van der Waals surface area contributed by atoms with Crippen LogP contribution in [-0.4, -0.2) is 17.3 Å². The number of ether oxygens (including phenoxy) is 1. The van der Waals surface area contributed by atoms with Crippen LogP contribution in [0.1, 0.15) is 97.5 Å². The summed E-state index contributed by atoms with van der Waals surface area (Å²) in [6.07, 6.45) is 15.2. The number of unbranched alkanes of at least 4 members (excludes halogenated alkanes) is 7. The van der Waals surface area contributed by atoms with E-state index < -0.39 is 0 Å². The van der Waals surface area contributed by atoms with E-state index in [-0.39, 0.29) is 5.41 Å². The molecule has 0 radical (unpaired) electrons. The van der Waals surface area contributed by atoms with Gasteiger partial charge in [0.2, 0.25) is 0 Å². The molecule has 0 bridgehead atoms. The molecule has 27 heavy (non-hydrogen) atoms. The Hall–Kier alpha value is -1.02. The molecule has 1 heterocycles. The minimum atomic E-state index is 0.220. The summed E-state index contributed by atoms with van der Waals surface area (Å²) >= 11 is 0. The van der Waals surface area contributed by atoms with Gasteiger partial charge in [0.15, 0.2) is 0 Å². The standard InChI is InChI=1S/C25H42O2/c1-5-6-7-8-9-10-11-12-17-23-24(27-23)19-21(25(2,3)4)18-20-15-13-14-16-22(20)26/h13-16,21,23-24,26H,5-12,17-19H2,1-4H3. The molecule has 1 aromatic carbocycles. The molecule has 0 amide bonds. The molecule has 0 aliphatic carbocycles. The van der Waals surface area contributed by atoms with Crippen LogP contribution in [0.2, 0.25) is 0 Å². The van der Waals surface area contributed by atoms with Crippen molar-refractivity contribution in [3.63, 3.8) is 0 Å². The molecular weight excluding hydrogens is 332 g/mol. The topological polar surface area (TPSA) is 32.8 Å². The van der Waals surface area contributed by atoms with Crippen molar-refractivity contribution in [2.75, 3.05) is 0 Å². The van der Waals surface area contributed by atoms with Gasteiger partial charge in [-0.2, -0.15) is 0 Å². The maximum atomic E-state index is 10.1. The van der Waals surface area contributed by atoms with Crippen LogP contribution in [0.3, 0.4) is 0 Å². The van der Waals surface area contributed by atoms with Crippen LogP contribution in [0.15, 0.2) is 24.3 Å². The SMILES string of the molecule is CCCCCCCCCCC1OC1CC(Cc1ccccc1O)C(C)(C)C. The average Bonchev–Trinajstić information content (AvgIpc) is 3.35. The van der Waals surface area contributed by atoms with Gasteiger partial charge in [-0.25, -0.2) is 0 Å². The van der Waals surface area contributed by atoms with E-state index in [0.717, 1.165) is 18.4 Å². The van der Waals surface area contributed by atoms with E-state index in [1.165, 1.54) is 57.8 Å². The molecule has 1 fully saturated rings. The number of para-hydroxylation sites is 1. The van der Waals surface area contributed by atoms with Crippen molar-refractivity contribution in [2.45, 2.75) is 111 Å². The zero-order valence-electron chi connectivity index (χ0n) is 18.2. The van der Waals surface area contributed by atoms with Crippen molar-refractivity contribution in [3.8, 4) is 5.75 Å².